The lowest BCUT2D eigenvalue weighted by atomic mass is 10.2. The van der Waals surface area contributed by atoms with E-state index in [1.807, 2.05) is 0 Å². The Morgan fingerprint density at radius 1 is 1.07 bits per heavy atom. The Hall–Kier alpha value is -0.843. The van der Waals surface area contributed by atoms with E-state index in [9.17, 15) is 17.6 Å². The highest BCUT2D eigenvalue weighted by atomic mass is 28.3. The molecule has 0 atom stereocenters. The van der Waals surface area contributed by atoms with Crippen LogP contribution in [0, 0.1) is 5.82 Å². The molecule has 0 aromatic heterocycles. The molecule has 0 saturated carbocycles. The van der Waals surface area contributed by atoms with Crippen molar-refractivity contribution in [2.75, 3.05) is 0 Å². The topological polar surface area (TPSA) is 0 Å². The van der Waals surface area contributed by atoms with Gasteiger partial charge in [0.2, 0.25) is 0 Å². The molecule has 0 unspecified atom stereocenters. The zero-order chi connectivity index (χ0) is 11.9. The summed E-state index contributed by atoms with van der Waals surface area (Å²) in [6.07, 6.45) is -4.47. The van der Waals surface area contributed by atoms with Gasteiger partial charge in [-0.2, -0.15) is 13.2 Å². The summed E-state index contributed by atoms with van der Waals surface area (Å²) in [5.74, 6) is -0.843. The van der Waals surface area contributed by atoms with E-state index in [1.165, 1.54) is 6.07 Å². The molecule has 0 aliphatic carbocycles. The third-order valence-electron chi connectivity index (χ3n) is 2.10. The highest BCUT2D eigenvalue weighted by Crippen LogP contribution is 2.29. The molecule has 0 heterocycles. The van der Waals surface area contributed by atoms with Gasteiger partial charge in [0, 0.05) is 0 Å². The number of rotatable bonds is 1. The highest BCUT2D eigenvalue weighted by Gasteiger charge is 2.37. The molecular weight excluding hydrogens is 224 g/mol. The first kappa shape index (κ1) is 12.2. The Morgan fingerprint density at radius 3 is 2.00 bits per heavy atom. The third kappa shape index (κ3) is 2.81. The van der Waals surface area contributed by atoms with Crippen LogP contribution in [0.4, 0.5) is 17.6 Å². The minimum absolute atomic E-state index is 0.247. The fraction of sp³-hybridized carbons (Fsp3) is 0.400. The van der Waals surface area contributed by atoms with Crippen LogP contribution < -0.4 is 5.19 Å². The Labute approximate surface area is 86.9 Å². The molecule has 0 N–H and O–H groups in total. The monoisotopic (exact) mass is 236 g/mol. The fourth-order valence-electron chi connectivity index (χ4n) is 1.41. The van der Waals surface area contributed by atoms with Crippen LogP contribution in [-0.2, 0) is 6.18 Å². The van der Waals surface area contributed by atoms with Crippen molar-refractivity contribution < 1.29 is 17.6 Å². The number of hydrogen-bond acceptors (Lipinski definition) is 0. The van der Waals surface area contributed by atoms with Gasteiger partial charge in [0.15, 0.2) is 0 Å². The molecule has 0 fully saturated rings. The van der Waals surface area contributed by atoms with E-state index in [-0.39, 0.29) is 5.19 Å². The smallest absolute Gasteiger partial charge is 0.207 e. The van der Waals surface area contributed by atoms with Crippen molar-refractivity contribution in [2.24, 2.45) is 0 Å². The molecule has 0 radical (unpaired) electrons. The van der Waals surface area contributed by atoms with Crippen LogP contribution in [0.25, 0.3) is 0 Å². The van der Waals surface area contributed by atoms with Crippen molar-refractivity contribution in [1.82, 2.24) is 0 Å². The van der Waals surface area contributed by atoms with Gasteiger partial charge < -0.3 is 0 Å². The molecule has 0 saturated heterocycles. The van der Waals surface area contributed by atoms with Crippen LogP contribution in [0.3, 0.4) is 0 Å². The van der Waals surface area contributed by atoms with E-state index >= 15 is 0 Å². The summed E-state index contributed by atoms with van der Waals surface area (Å²) in [6, 6.07) is 2.92. The molecule has 15 heavy (non-hydrogen) atoms. The molecule has 5 heteroatoms. The molecule has 1 rings (SSSR count). The van der Waals surface area contributed by atoms with Crippen LogP contribution in [0.15, 0.2) is 18.2 Å². The van der Waals surface area contributed by atoms with E-state index in [0.29, 0.717) is 6.07 Å². The predicted octanol–water partition coefficient (Wildman–Crippen LogP) is 3.39. The van der Waals surface area contributed by atoms with Crippen LogP contribution in [0.1, 0.15) is 5.56 Å². The van der Waals surface area contributed by atoms with Gasteiger partial charge in [-0.05, 0) is 17.3 Å². The van der Waals surface area contributed by atoms with E-state index < -0.39 is 25.6 Å². The van der Waals surface area contributed by atoms with Crippen molar-refractivity contribution in [1.29, 1.82) is 0 Å². The van der Waals surface area contributed by atoms with Gasteiger partial charge in [-0.1, -0.05) is 25.7 Å². The van der Waals surface area contributed by atoms with Gasteiger partial charge in [0.1, 0.15) is 5.82 Å². The molecule has 0 aliphatic rings. The SMILES string of the molecule is C[Si](C)(C)c1ccc(F)cc1C(F)(F)F. The second kappa shape index (κ2) is 3.63. The van der Waals surface area contributed by atoms with Crippen molar-refractivity contribution in [2.45, 2.75) is 25.8 Å². The molecule has 0 aliphatic heterocycles. The number of halogens is 4. The van der Waals surface area contributed by atoms with E-state index in [0.717, 1.165) is 6.07 Å². The maximum Gasteiger partial charge on any atom is 0.416 e. The summed E-state index contributed by atoms with van der Waals surface area (Å²) in [5.41, 5.74) is -0.832. The molecule has 0 bridgehead atoms. The normalized spacial score (nSPS) is 13.0. The quantitative estimate of drug-likeness (QED) is 0.518. The van der Waals surface area contributed by atoms with Crippen LogP contribution >= 0.6 is 0 Å². The largest absolute Gasteiger partial charge is 0.416 e. The zero-order valence-electron chi connectivity index (χ0n) is 8.74. The molecule has 1 aromatic rings. The first-order chi connectivity index (χ1) is 6.62. The summed E-state index contributed by atoms with van der Waals surface area (Å²) >= 11 is 0. The number of benzene rings is 1. The zero-order valence-corrected chi connectivity index (χ0v) is 9.74. The summed E-state index contributed by atoms with van der Waals surface area (Å²) in [4.78, 5) is 0. The van der Waals surface area contributed by atoms with Gasteiger partial charge in [-0.25, -0.2) is 4.39 Å². The molecule has 84 valence electrons. The van der Waals surface area contributed by atoms with Crippen molar-refractivity contribution >= 4 is 13.3 Å². The van der Waals surface area contributed by atoms with Gasteiger partial charge in [-0.15, -0.1) is 0 Å². The lowest BCUT2D eigenvalue weighted by Crippen LogP contribution is -2.42. The van der Waals surface area contributed by atoms with Crippen LogP contribution in [0.5, 0.6) is 0 Å². The van der Waals surface area contributed by atoms with E-state index in [2.05, 4.69) is 0 Å². The Bertz CT molecular complexity index is 363. The minimum atomic E-state index is -4.47. The van der Waals surface area contributed by atoms with Crippen LogP contribution in [-0.4, -0.2) is 8.07 Å². The van der Waals surface area contributed by atoms with Crippen LogP contribution in [0.2, 0.25) is 19.6 Å². The van der Waals surface area contributed by atoms with Gasteiger partial charge >= 0.3 is 6.18 Å². The van der Waals surface area contributed by atoms with Crippen molar-refractivity contribution in [3.8, 4) is 0 Å². The Morgan fingerprint density at radius 2 is 1.60 bits per heavy atom. The highest BCUT2D eigenvalue weighted by molar-refractivity contribution is 6.89. The molecular formula is C10H12F4Si. The number of hydrogen-bond donors (Lipinski definition) is 0. The summed E-state index contributed by atoms with van der Waals surface area (Å²) in [7, 11) is -2.10. The maximum atomic E-state index is 12.8. The summed E-state index contributed by atoms with van der Waals surface area (Å²) in [6.45, 7) is 5.40. The van der Waals surface area contributed by atoms with Gasteiger partial charge in [0.25, 0.3) is 0 Å². The van der Waals surface area contributed by atoms with Gasteiger partial charge in [-0.3, -0.25) is 0 Å². The molecule has 1 aromatic carbocycles. The summed E-state index contributed by atoms with van der Waals surface area (Å²) < 4.78 is 50.6. The fourth-order valence-corrected chi connectivity index (χ4v) is 3.01. The van der Waals surface area contributed by atoms with Crippen molar-refractivity contribution in [3.05, 3.63) is 29.6 Å². The lowest BCUT2D eigenvalue weighted by Gasteiger charge is -2.22. The Kier molecular flexibility index (Phi) is 2.96. The molecule has 0 nitrogen and oxygen atoms in total. The third-order valence-corrected chi connectivity index (χ3v) is 4.15. The average Bonchev–Trinajstić information content (AvgIpc) is 2.00. The molecule has 0 amide bonds. The summed E-state index contributed by atoms with van der Waals surface area (Å²) in [5, 5.41) is 0.247. The van der Waals surface area contributed by atoms with E-state index in [4.69, 9.17) is 0 Å². The molecule has 0 spiro atoms. The standard InChI is InChI=1S/C10H12F4Si/c1-15(2,3)9-5-4-7(11)6-8(9)10(12,13)14/h4-6H,1-3H3. The lowest BCUT2D eigenvalue weighted by molar-refractivity contribution is -0.136. The first-order valence-electron chi connectivity index (χ1n) is 4.49. The predicted molar refractivity (Wildman–Crippen MR) is 54.4 cm³/mol. The maximum absolute atomic E-state index is 12.8. The first-order valence-corrected chi connectivity index (χ1v) is 7.99. The minimum Gasteiger partial charge on any atom is -0.207 e. The van der Waals surface area contributed by atoms with Crippen molar-refractivity contribution in [3.63, 3.8) is 0 Å². The van der Waals surface area contributed by atoms with Gasteiger partial charge in [0.05, 0.1) is 13.6 Å². The second-order valence-electron chi connectivity index (χ2n) is 4.44. The average molecular weight is 236 g/mol. The Balaban J connectivity index is 3.41. The second-order valence-corrected chi connectivity index (χ2v) is 9.48. The van der Waals surface area contributed by atoms with E-state index in [1.54, 1.807) is 19.6 Å². The number of alkyl halides is 3.